The average molecular weight is 284 g/mol. The summed E-state index contributed by atoms with van der Waals surface area (Å²) in [6.45, 7) is 2.15. The first-order valence-electron chi connectivity index (χ1n) is 5.72. The molecule has 1 aliphatic heterocycles. The lowest BCUT2D eigenvalue weighted by Crippen LogP contribution is -2.29. The van der Waals surface area contributed by atoms with Crippen molar-refractivity contribution in [2.24, 2.45) is 5.92 Å². The molecule has 2 atom stereocenters. The molecule has 1 aromatic heterocycles. The first-order valence-corrected chi connectivity index (χ1v) is 6.53. The molecule has 2 unspecified atom stereocenters. The molecule has 1 aromatic rings. The molecule has 2 heterocycles. The van der Waals surface area contributed by atoms with E-state index < -0.39 is 22.9 Å². The Hall–Kier alpha value is -1.96. The van der Waals surface area contributed by atoms with E-state index in [-0.39, 0.29) is 17.3 Å². The highest BCUT2D eigenvalue weighted by molar-refractivity contribution is 7.15. The molecule has 1 amide bonds. The fourth-order valence-corrected chi connectivity index (χ4v) is 3.34. The van der Waals surface area contributed by atoms with E-state index in [0.29, 0.717) is 11.4 Å². The van der Waals surface area contributed by atoms with E-state index >= 15 is 0 Å². The van der Waals surface area contributed by atoms with Gasteiger partial charge in [-0.25, -0.2) is 0 Å². The Morgan fingerprint density at radius 2 is 2.32 bits per heavy atom. The maximum Gasteiger partial charge on any atom is 0.324 e. The van der Waals surface area contributed by atoms with Gasteiger partial charge in [-0.1, -0.05) is 11.3 Å². The van der Waals surface area contributed by atoms with Gasteiger partial charge in [0.1, 0.15) is 0 Å². The number of carboxylic acids is 1. The second kappa shape index (κ2) is 4.96. The number of rotatable bonds is 4. The van der Waals surface area contributed by atoms with Crippen LogP contribution in [0.3, 0.4) is 0 Å². The summed E-state index contributed by atoms with van der Waals surface area (Å²) in [6.07, 6.45) is -0.0560. The monoisotopic (exact) mass is 284 g/mol. The second-order valence-electron chi connectivity index (χ2n) is 4.21. The topological polar surface area (TPSA) is 101 Å². The van der Waals surface area contributed by atoms with Crippen LogP contribution in [-0.4, -0.2) is 33.4 Å². The van der Waals surface area contributed by atoms with E-state index in [4.69, 9.17) is 0 Å². The van der Waals surface area contributed by atoms with Crippen LogP contribution in [0, 0.1) is 16.0 Å². The van der Waals surface area contributed by atoms with Crippen molar-refractivity contribution in [1.82, 2.24) is 4.90 Å². The summed E-state index contributed by atoms with van der Waals surface area (Å²) in [5, 5.41) is 19.8. The first-order chi connectivity index (χ1) is 8.95. The maximum absolute atomic E-state index is 11.8. The number of amides is 1. The molecule has 8 heteroatoms. The highest BCUT2D eigenvalue weighted by Crippen LogP contribution is 2.42. The van der Waals surface area contributed by atoms with Crippen molar-refractivity contribution < 1.29 is 19.6 Å². The summed E-state index contributed by atoms with van der Waals surface area (Å²) < 4.78 is 0. The third-order valence-corrected chi connectivity index (χ3v) is 4.28. The van der Waals surface area contributed by atoms with E-state index in [1.807, 2.05) is 0 Å². The number of carbonyl (C=O) groups is 2. The Labute approximate surface area is 112 Å². The van der Waals surface area contributed by atoms with Crippen molar-refractivity contribution in [3.05, 3.63) is 27.1 Å². The quantitative estimate of drug-likeness (QED) is 0.669. The number of nitrogens with zero attached hydrogens (tertiary/aromatic N) is 2. The van der Waals surface area contributed by atoms with Crippen molar-refractivity contribution in [1.29, 1.82) is 0 Å². The summed E-state index contributed by atoms with van der Waals surface area (Å²) in [4.78, 5) is 35.2. The van der Waals surface area contributed by atoms with Gasteiger partial charge in [0.2, 0.25) is 5.91 Å². The molecule has 2 rings (SSSR count). The number of carboxylic acid groups (broad SMARTS) is 1. The molecule has 0 saturated carbocycles. The standard InChI is InChI=1S/C11H12N2O5S/c1-2-12-8(14)5-6(11(15)16)10(12)7-3-4-9(19-7)13(17)18/h3-4,6,10H,2,5H2,1H3,(H,15,16). The minimum Gasteiger partial charge on any atom is -0.481 e. The molecule has 0 spiro atoms. The van der Waals surface area contributed by atoms with Gasteiger partial charge in [0.05, 0.1) is 16.9 Å². The zero-order chi connectivity index (χ0) is 14.2. The summed E-state index contributed by atoms with van der Waals surface area (Å²) in [6, 6.07) is 2.27. The highest BCUT2D eigenvalue weighted by atomic mass is 32.1. The minimum atomic E-state index is -1.05. The van der Waals surface area contributed by atoms with Crippen LogP contribution in [0.1, 0.15) is 24.3 Å². The molecule has 0 radical (unpaired) electrons. The van der Waals surface area contributed by atoms with Gasteiger partial charge in [-0.05, 0) is 13.0 Å². The van der Waals surface area contributed by atoms with Crippen molar-refractivity contribution in [3.63, 3.8) is 0 Å². The van der Waals surface area contributed by atoms with Gasteiger partial charge in [0.25, 0.3) is 0 Å². The van der Waals surface area contributed by atoms with E-state index in [2.05, 4.69) is 0 Å². The first kappa shape index (κ1) is 13.5. The largest absolute Gasteiger partial charge is 0.481 e. The van der Waals surface area contributed by atoms with Crippen LogP contribution in [0.2, 0.25) is 0 Å². The molecule has 1 fully saturated rings. The molecule has 0 aliphatic carbocycles. The Morgan fingerprint density at radius 3 is 2.79 bits per heavy atom. The molecule has 1 aliphatic rings. The SMILES string of the molecule is CCN1C(=O)CC(C(=O)O)C1c1ccc([N+](=O)[O-])s1. The smallest absolute Gasteiger partial charge is 0.324 e. The lowest BCUT2D eigenvalue weighted by molar-refractivity contribution is -0.380. The molecule has 19 heavy (non-hydrogen) atoms. The fourth-order valence-electron chi connectivity index (χ4n) is 2.34. The van der Waals surface area contributed by atoms with Crippen molar-refractivity contribution in [3.8, 4) is 0 Å². The van der Waals surface area contributed by atoms with Crippen molar-refractivity contribution in [2.45, 2.75) is 19.4 Å². The average Bonchev–Trinajstić information content (AvgIpc) is 2.92. The van der Waals surface area contributed by atoms with Gasteiger partial charge >= 0.3 is 11.0 Å². The number of thiophene rings is 1. The number of hydrogen-bond donors (Lipinski definition) is 1. The predicted molar refractivity (Wildman–Crippen MR) is 66.8 cm³/mol. The van der Waals surface area contributed by atoms with Crippen LogP contribution in [0.5, 0.6) is 0 Å². The second-order valence-corrected chi connectivity index (χ2v) is 5.30. The molecule has 7 nitrogen and oxygen atoms in total. The van der Waals surface area contributed by atoms with Gasteiger partial charge in [-0.15, -0.1) is 0 Å². The molecule has 102 valence electrons. The lowest BCUT2D eigenvalue weighted by atomic mass is 9.99. The van der Waals surface area contributed by atoms with Crippen LogP contribution in [0.4, 0.5) is 5.00 Å². The molecular weight excluding hydrogens is 272 g/mol. The lowest BCUT2D eigenvalue weighted by Gasteiger charge is -2.24. The molecular formula is C11H12N2O5S. The van der Waals surface area contributed by atoms with Crippen molar-refractivity contribution in [2.75, 3.05) is 6.54 Å². The number of aliphatic carboxylic acids is 1. The summed E-state index contributed by atoms with van der Waals surface area (Å²) in [5.41, 5.74) is 0. The fraction of sp³-hybridized carbons (Fsp3) is 0.455. The molecule has 0 aromatic carbocycles. The Morgan fingerprint density at radius 1 is 1.63 bits per heavy atom. The van der Waals surface area contributed by atoms with Gasteiger partial charge < -0.3 is 10.0 Å². The Balaban J connectivity index is 2.39. The Bertz CT molecular complexity index is 541. The zero-order valence-corrected chi connectivity index (χ0v) is 10.9. The molecule has 0 bridgehead atoms. The molecule has 1 saturated heterocycles. The van der Waals surface area contributed by atoms with Crippen LogP contribution >= 0.6 is 11.3 Å². The van der Waals surface area contributed by atoms with Crippen molar-refractivity contribution >= 4 is 28.2 Å². The predicted octanol–water partition coefficient (Wildman–Crippen LogP) is 1.65. The van der Waals surface area contributed by atoms with Crippen LogP contribution in [0.15, 0.2) is 12.1 Å². The third-order valence-electron chi connectivity index (χ3n) is 3.17. The summed E-state index contributed by atoms with van der Waals surface area (Å²) >= 11 is 0.924. The molecule has 1 N–H and O–H groups in total. The normalized spacial score (nSPS) is 22.8. The van der Waals surface area contributed by atoms with E-state index in [0.717, 1.165) is 11.3 Å². The van der Waals surface area contributed by atoms with Gasteiger partial charge in [0, 0.05) is 23.9 Å². The number of likely N-dealkylation sites (tertiary alicyclic amines) is 1. The highest BCUT2D eigenvalue weighted by Gasteiger charge is 2.44. The summed E-state index contributed by atoms with van der Waals surface area (Å²) in [7, 11) is 0. The Kier molecular flexibility index (Phi) is 3.52. The van der Waals surface area contributed by atoms with Gasteiger partial charge in [0.15, 0.2) is 0 Å². The number of carbonyl (C=O) groups excluding carboxylic acids is 1. The van der Waals surface area contributed by atoms with Crippen LogP contribution in [-0.2, 0) is 9.59 Å². The van der Waals surface area contributed by atoms with Crippen LogP contribution < -0.4 is 0 Å². The van der Waals surface area contributed by atoms with Gasteiger partial charge in [-0.2, -0.15) is 0 Å². The zero-order valence-electron chi connectivity index (χ0n) is 10.1. The van der Waals surface area contributed by atoms with E-state index in [9.17, 15) is 24.8 Å². The van der Waals surface area contributed by atoms with E-state index in [1.54, 1.807) is 6.92 Å². The number of hydrogen-bond acceptors (Lipinski definition) is 5. The third kappa shape index (κ3) is 2.30. The van der Waals surface area contributed by atoms with Crippen LogP contribution in [0.25, 0.3) is 0 Å². The number of nitro groups is 1. The van der Waals surface area contributed by atoms with E-state index in [1.165, 1.54) is 17.0 Å². The summed E-state index contributed by atoms with van der Waals surface area (Å²) in [5.74, 6) is -2.12. The maximum atomic E-state index is 11.8. The minimum absolute atomic E-state index is 0.0467. The van der Waals surface area contributed by atoms with Gasteiger partial charge in [-0.3, -0.25) is 19.7 Å².